The van der Waals surface area contributed by atoms with Crippen LogP contribution in [0.15, 0.2) is 6.20 Å². The Labute approximate surface area is 140 Å². The molecular formula is C16H21ClN4O2. The largest absolute Gasteiger partial charge is 0.343 e. The molecule has 0 aliphatic carbocycles. The number of carbonyl (C=O) groups excluding carboxylic acids is 2. The maximum Gasteiger partial charge on any atom is 0.274 e. The SMILES string of the molecule is CC(C)c1ncc(Cl)c(C(=O)N2CCC[C@H]3C(=O)N(C)C[C@H]32)n1. The molecule has 3 rings (SSSR count). The summed E-state index contributed by atoms with van der Waals surface area (Å²) in [6, 6.07) is -0.0812. The molecule has 2 amide bonds. The minimum Gasteiger partial charge on any atom is -0.343 e. The van der Waals surface area contributed by atoms with E-state index in [9.17, 15) is 9.59 Å². The molecule has 2 atom stereocenters. The van der Waals surface area contributed by atoms with Crippen molar-refractivity contribution in [3.05, 3.63) is 22.7 Å². The molecule has 1 aromatic heterocycles. The van der Waals surface area contributed by atoms with Gasteiger partial charge in [0.05, 0.1) is 23.2 Å². The second-order valence-corrected chi connectivity index (χ2v) is 7.02. The van der Waals surface area contributed by atoms with Crippen molar-refractivity contribution >= 4 is 23.4 Å². The average molecular weight is 337 g/mol. The summed E-state index contributed by atoms with van der Waals surface area (Å²) < 4.78 is 0. The Morgan fingerprint density at radius 3 is 2.87 bits per heavy atom. The Morgan fingerprint density at radius 1 is 1.43 bits per heavy atom. The van der Waals surface area contributed by atoms with Gasteiger partial charge in [0.1, 0.15) is 5.82 Å². The van der Waals surface area contributed by atoms with E-state index >= 15 is 0 Å². The number of rotatable bonds is 2. The number of fused-ring (bicyclic) bond motifs is 1. The molecular weight excluding hydrogens is 316 g/mol. The first-order valence-electron chi connectivity index (χ1n) is 7.98. The Morgan fingerprint density at radius 2 is 2.17 bits per heavy atom. The zero-order chi connectivity index (χ0) is 16.7. The standard InChI is InChI=1S/C16H21ClN4O2/c1-9(2)14-18-7-11(17)13(19-14)16(23)21-6-4-5-10-12(21)8-20(3)15(10)22/h7,9-10,12H,4-6,8H2,1-3H3/t10-,12-/m1/s1. The zero-order valence-corrected chi connectivity index (χ0v) is 14.4. The molecule has 0 bridgehead atoms. The van der Waals surface area contributed by atoms with Gasteiger partial charge in [-0.25, -0.2) is 9.97 Å². The smallest absolute Gasteiger partial charge is 0.274 e. The van der Waals surface area contributed by atoms with Crippen molar-refractivity contribution in [3.8, 4) is 0 Å². The number of carbonyl (C=O) groups is 2. The van der Waals surface area contributed by atoms with Crippen LogP contribution in [-0.2, 0) is 4.79 Å². The number of halogens is 1. The quantitative estimate of drug-likeness (QED) is 0.828. The Hall–Kier alpha value is -1.69. The highest BCUT2D eigenvalue weighted by atomic mass is 35.5. The van der Waals surface area contributed by atoms with Crippen LogP contribution < -0.4 is 0 Å². The number of likely N-dealkylation sites (N-methyl/N-ethyl adjacent to an activating group) is 1. The predicted molar refractivity (Wildman–Crippen MR) is 86.3 cm³/mol. The maximum atomic E-state index is 13.0. The van der Waals surface area contributed by atoms with Gasteiger partial charge in [-0.2, -0.15) is 0 Å². The monoisotopic (exact) mass is 336 g/mol. The predicted octanol–water partition coefficient (Wildman–Crippen LogP) is 1.95. The van der Waals surface area contributed by atoms with Crippen molar-refractivity contribution in [1.29, 1.82) is 0 Å². The Balaban J connectivity index is 1.91. The lowest BCUT2D eigenvalue weighted by Crippen LogP contribution is -2.49. The van der Waals surface area contributed by atoms with Crippen molar-refractivity contribution in [2.45, 2.75) is 38.6 Å². The van der Waals surface area contributed by atoms with Crippen LogP contribution in [0.25, 0.3) is 0 Å². The van der Waals surface area contributed by atoms with Crippen LogP contribution in [-0.4, -0.2) is 57.8 Å². The summed E-state index contributed by atoms with van der Waals surface area (Å²) in [6.45, 7) is 5.16. The normalized spacial score (nSPS) is 24.3. The molecule has 0 saturated carbocycles. The van der Waals surface area contributed by atoms with Crippen LogP contribution in [0.5, 0.6) is 0 Å². The lowest BCUT2D eigenvalue weighted by Gasteiger charge is -2.35. The molecule has 0 spiro atoms. The van der Waals surface area contributed by atoms with E-state index in [1.807, 2.05) is 13.8 Å². The molecule has 2 aliphatic rings. The summed E-state index contributed by atoms with van der Waals surface area (Å²) in [5, 5.41) is 0.263. The van der Waals surface area contributed by atoms with Crippen molar-refractivity contribution in [2.75, 3.05) is 20.1 Å². The molecule has 6 nitrogen and oxygen atoms in total. The van der Waals surface area contributed by atoms with Gasteiger partial charge in [-0.3, -0.25) is 9.59 Å². The first kappa shape index (κ1) is 16.2. The highest BCUT2D eigenvalue weighted by Gasteiger charge is 2.45. The molecule has 7 heteroatoms. The lowest BCUT2D eigenvalue weighted by molar-refractivity contribution is -0.130. The maximum absolute atomic E-state index is 13.0. The minimum absolute atomic E-state index is 0.0812. The van der Waals surface area contributed by atoms with Crippen LogP contribution in [0, 0.1) is 5.92 Å². The fourth-order valence-electron chi connectivity index (χ4n) is 3.42. The summed E-state index contributed by atoms with van der Waals surface area (Å²) in [5.74, 6) is 0.558. The van der Waals surface area contributed by atoms with Crippen LogP contribution >= 0.6 is 11.6 Å². The molecule has 2 saturated heterocycles. The van der Waals surface area contributed by atoms with Gasteiger partial charge in [0.15, 0.2) is 5.69 Å². The van der Waals surface area contributed by atoms with Crippen molar-refractivity contribution in [2.24, 2.45) is 5.92 Å². The van der Waals surface area contributed by atoms with Crippen molar-refractivity contribution < 1.29 is 9.59 Å². The summed E-state index contributed by atoms with van der Waals surface area (Å²) >= 11 is 6.17. The molecule has 0 unspecified atom stereocenters. The van der Waals surface area contributed by atoms with Gasteiger partial charge in [0.2, 0.25) is 5.91 Å². The van der Waals surface area contributed by atoms with E-state index in [1.165, 1.54) is 6.20 Å². The van der Waals surface area contributed by atoms with Gasteiger partial charge < -0.3 is 9.80 Å². The van der Waals surface area contributed by atoms with Crippen LogP contribution in [0.4, 0.5) is 0 Å². The van der Waals surface area contributed by atoms with E-state index in [0.29, 0.717) is 18.9 Å². The number of likely N-dealkylation sites (tertiary alicyclic amines) is 2. The second-order valence-electron chi connectivity index (χ2n) is 6.61. The van der Waals surface area contributed by atoms with E-state index in [1.54, 1.807) is 16.8 Å². The van der Waals surface area contributed by atoms with Crippen molar-refractivity contribution in [1.82, 2.24) is 19.8 Å². The molecule has 124 valence electrons. The van der Waals surface area contributed by atoms with E-state index < -0.39 is 0 Å². The molecule has 0 radical (unpaired) electrons. The molecule has 2 fully saturated rings. The van der Waals surface area contributed by atoms with Gasteiger partial charge in [-0.1, -0.05) is 25.4 Å². The van der Waals surface area contributed by atoms with Crippen molar-refractivity contribution in [3.63, 3.8) is 0 Å². The third-order valence-corrected chi connectivity index (χ3v) is 4.95. The molecule has 2 aliphatic heterocycles. The summed E-state index contributed by atoms with van der Waals surface area (Å²) in [5.41, 5.74) is 0.244. The first-order chi connectivity index (χ1) is 10.9. The van der Waals surface area contributed by atoms with Gasteiger partial charge in [0, 0.05) is 26.1 Å². The first-order valence-corrected chi connectivity index (χ1v) is 8.36. The Kier molecular flexibility index (Phi) is 4.27. The molecule has 1 aromatic rings. The van der Waals surface area contributed by atoms with Gasteiger partial charge in [-0.05, 0) is 12.8 Å². The molecule has 23 heavy (non-hydrogen) atoms. The Bertz CT molecular complexity index is 649. The topological polar surface area (TPSA) is 66.4 Å². The van der Waals surface area contributed by atoms with Crippen LogP contribution in [0.1, 0.15) is 48.9 Å². The number of hydrogen-bond acceptors (Lipinski definition) is 4. The molecule has 3 heterocycles. The van der Waals surface area contributed by atoms with Crippen LogP contribution in [0.3, 0.4) is 0 Å². The fraction of sp³-hybridized carbons (Fsp3) is 0.625. The van der Waals surface area contributed by atoms with E-state index in [2.05, 4.69) is 9.97 Å². The fourth-order valence-corrected chi connectivity index (χ4v) is 3.59. The highest BCUT2D eigenvalue weighted by Crippen LogP contribution is 2.32. The zero-order valence-electron chi connectivity index (χ0n) is 13.6. The number of amides is 2. The summed E-state index contributed by atoms with van der Waals surface area (Å²) in [6.07, 6.45) is 3.16. The minimum atomic E-state index is -0.197. The van der Waals surface area contributed by atoms with Gasteiger partial charge >= 0.3 is 0 Å². The van der Waals surface area contributed by atoms with E-state index in [4.69, 9.17) is 11.6 Å². The van der Waals surface area contributed by atoms with Crippen LogP contribution in [0.2, 0.25) is 5.02 Å². The molecule has 0 aromatic carbocycles. The van der Waals surface area contributed by atoms with E-state index in [-0.39, 0.29) is 40.4 Å². The summed E-state index contributed by atoms with van der Waals surface area (Å²) in [7, 11) is 1.79. The number of piperidine rings is 1. The molecule has 0 N–H and O–H groups in total. The van der Waals surface area contributed by atoms with E-state index in [0.717, 1.165) is 12.8 Å². The average Bonchev–Trinajstić information content (AvgIpc) is 2.82. The number of hydrogen-bond donors (Lipinski definition) is 0. The third kappa shape index (κ3) is 2.80. The van der Waals surface area contributed by atoms with Gasteiger partial charge in [0.25, 0.3) is 5.91 Å². The highest BCUT2D eigenvalue weighted by molar-refractivity contribution is 6.33. The number of aromatic nitrogens is 2. The van der Waals surface area contributed by atoms with Gasteiger partial charge in [-0.15, -0.1) is 0 Å². The third-order valence-electron chi connectivity index (χ3n) is 4.68. The lowest BCUT2D eigenvalue weighted by atomic mass is 9.91. The summed E-state index contributed by atoms with van der Waals surface area (Å²) in [4.78, 5) is 37.2. The number of nitrogens with zero attached hydrogens (tertiary/aromatic N) is 4. The second kappa shape index (κ2) is 6.07.